The van der Waals surface area contributed by atoms with Gasteiger partial charge < -0.3 is 9.53 Å². The van der Waals surface area contributed by atoms with Gasteiger partial charge >= 0.3 is 0 Å². The highest BCUT2D eigenvalue weighted by atomic mass is 16.5. The molecule has 1 unspecified atom stereocenters. The maximum Gasteiger partial charge on any atom is 0.126 e. The van der Waals surface area contributed by atoms with Crippen molar-refractivity contribution >= 4 is 6.29 Å². The summed E-state index contributed by atoms with van der Waals surface area (Å²) in [6, 6.07) is 0. The normalized spacial score (nSPS) is 24.4. The van der Waals surface area contributed by atoms with E-state index < -0.39 is 0 Å². The molecule has 1 fully saturated rings. The van der Waals surface area contributed by atoms with Crippen LogP contribution in [0.2, 0.25) is 0 Å². The summed E-state index contributed by atoms with van der Waals surface area (Å²) in [5.41, 5.74) is -0.194. The van der Waals surface area contributed by atoms with E-state index in [1.807, 2.05) is 13.0 Å². The number of hydrogen-bond donors (Lipinski definition) is 0. The minimum Gasteiger partial charge on any atom is -0.381 e. The van der Waals surface area contributed by atoms with Crippen LogP contribution in [0.5, 0.6) is 0 Å². The Kier molecular flexibility index (Phi) is 3.04. The monoisotopic (exact) mass is 168 g/mol. The van der Waals surface area contributed by atoms with Crippen LogP contribution in [0, 0.1) is 11.3 Å². The minimum absolute atomic E-state index is 0.194. The minimum atomic E-state index is -0.194. The van der Waals surface area contributed by atoms with Crippen LogP contribution in [0.3, 0.4) is 0 Å². The van der Waals surface area contributed by atoms with E-state index in [9.17, 15) is 4.79 Å². The SMILES string of the molecule is C=CC(C)C1(C=O)CCOCC1. The fourth-order valence-corrected chi connectivity index (χ4v) is 1.67. The maximum absolute atomic E-state index is 11.0. The molecule has 0 saturated carbocycles. The highest BCUT2D eigenvalue weighted by molar-refractivity contribution is 5.60. The molecular formula is C10H16O2. The first-order chi connectivity index (χ1) is 5.75. The summed E-state index contributed by atoms with van der Waals surface area (Å²) >= 11 is 0. The second-order valence-electron chi connectivity index (χ2n) is 3.49. The van der Waals surface area contributed by atoms with E-state index in [0.717, 1.165) is 19.1 Å². The van der Waals surface area contributed by atoms with Crippen molar-refractivity contribution in [2.75, 3.05) is 13.2 Å². The zero-order valence-corrected chi connectivity index (χ0v) is 7.58. The molecule has 0 N–H and O–H groups in total. The lowest BCUT2D eigenvalue weighted by Crippen LogP contribution is -2.36. The summed E-state index contributed by atoms with van der Waals surface area (Å²) in [5, 5.41) is 0. The number of ether oxygens (including phenoxy) is 1. The molecule has 1 aliphatic rings. The van der Waals surface area contributed by atoms with Crippen molar-refractivity contribution in [3.63, 3.8) is 0 Å². The van der Waals surface area contributed by atoms with Crippen LogP contribution in [0.25, 0.3) is 0 Å². The van der Waals surface area contributed by atoms with Crippen molar-refractivity contribution < 1.29 is 9.53 Å². The lowest BCUT2D eigenvalue weighted by Gasteiger charge is -2.35. The van der Waals surface area contributed by atoms with Crippen molar-refractivity contribution in [2.45, 2.75) is 19.8 Å². The van der Waals surface area contributed by atoms with Gasteiger partial charge in [-0.3, -0.25) is 0 Å². The molecule has 0 bridgehead atoms. The molecule has 0 amide bonds. The van der Waals surface area contributed by atoms with Gasteiger partial charge in [0.15, 0.2) is 0 Å². The zero-order valence-electron chi connectivity index (χ0n) is 7.58. The van der Waals surface area contributed by atoms with Gasteiger partial charge in [0.05, 0.1) is 0 Å². The van der Waals surface area contributed by atoms with Gasteiger partial charge in [-0.2, -0.15) is 0 Å². The van der Waals surface area contributed by atoms with Crippen molar-refractivity contribution in [1.29, 1.82) is 0 Å². The van der Waals surface area contributed by atoms with Crippen molar-refractivity contribution in [1.82, 2.24) is 0 Å². The molecule has 1 rings (SSSR count). The molecule has 68 valence electrons. The number of allylic oxidation sites excluding steroid dienone is 1. The van der Waals surface area contributed by atoms with Crippen molar-refractivity contribution in [3.05, 3.63) is 12.7 Å². The molecule has 12 heavy (non-hydrogen) atoms. The number of rotatable bonds is 3. The Bertz CT molecular complexity index is 169. The molecule has 1 heterocycles. The third kappa shape index (κ3) is 1.58. The molecule has 2 heteroatoms. The van der Waals surface area contributed by atoms with Crippen LogP contribution in [-0.4, -0.2) is 19.5 Å². The molecule has 0 aromatic rings. The van der Waals surface area contributed by atoms with E-state index in [4.69, 9.17) is 4.74 Å². The molecule has 0 aliphatic carbocycles. The van der Waals surface area contributed by atoms with Gasteiger partial charge in [0.2, 0.25) is 0 Å². The van der Waals surface area contributed by atoms with Gasteiger partial charge in [0.1, 0.15) is 6.29 Å². The maximum atomic E-state index is 11.0. The second kappa shape index (κ2) is 3.85. The predicted molar refractivity (Wildman–Crippen MR) is 47.9 cm³/mol. The summed E-state index contributed by atoms with van der Waals surface area (Å²) in [6.07, 6.45) is 4.62. The smallest absolute Gasteiger partial charge is 0.126 e. The standard InChI is InChI=1S/C10H16O2/c1-3-9(2)10(8-11)4-6-12-7-5-10/h3,8-9H,1,4-7H2,2H3. The first-order valence-corrected chi connectivity index (χ1v) is 4.42. The fourth-order valence-electron chi connectivity index (χ4n) is 1.67. The Morgan fingerprint density at radius 2 is 2.08 bits per heavy atom. The third-order valence-corrected chi connectivity index (χ3v) is 2.92. The Morgan fingerprint density at radius 1 is 1.50 bits per heavy atom. The average molecular weight is 168 g/mol. The first kappa shape index (κ1) is 9.46. The Labute approximate surface area is 73.6 Å². The summed E-state index contributed by atoms with van der Waals surface area (Å²) in [5.74, 6) is 0.263. The molecule has 0 spiro atoms. The third-order valence-electron chi connectivity index (χ3n) is 2.92. The molecule has 2 nitrogen and oxygen atoms in total. The fraction of sp³-hybridized carbons (Fsp3) is 0.700. The van der Waals surface area contributed by atoms with Crippen LogP contribution in [-0.2, 0) is 9.53 Å². The molecule has 0 aromatic heterocycles. The van der Waals surface area contributed by atoms with E-state index in [1.54, 1.807) is 0 Å². The van der Waals surface area contributed by atoms with E-state index in [-0.39, 0.29) is 11.3 Å². The lowest BCUT2D eigenvalue weighted by molar-refractivity contribution is -0.123. The summed E-state index contributed by atoms with van der Waals surface area (Å²) in [7, 11) is 0. The molecule has 1 saturated heterocycles. The van der Waals surface area contributed by atoms with Crippen molar-refractivity contribution in [2.24, 2.45) is 11.3 Å². The van der Waals surface area contributed by atoms with Crippen LogP contribution in [0.15, 0.2) is 12.7 Å². The summed E-state index contributed by atoms with van der Waals surface area (Å²) in [4.78, 5) is 11.0. The van der Waals surface area contributed by atoms with E-state index >= 15 is 0 Å². The van der Waals surface area contributed by atoms with Gasteiger partial charge in [0, 0.05) is 18.6 Å². The highest BCUT2D eigenvalue weighted by Crippen LogP contribution is 2.36. The van der Waals surface area contributed by atoms with Crippen LogP contribution < -0.4 is 0 Å². The van der Waals surface area contributed by atoms with Gasteiger partial charge in [-0.15, -0.1) is 6.58 Å². The molecule has 0 radical (unpaired) electrons. The zero-order chi connectivity index (χ0) is 9.03. The van der Waals surface area contributed by atoms with Gasteiger partial charge in [-0.25, -0.2) is 0 Å². The summed E-state index contributed by atoms with van der Waals surface area (Å²) in [6.45, 7) is 7.19. The Hall–Kier alpha value is -0.630. The second-order valence-corrected chi connectivity index (χ2v) is 3.49. The van der Waals surface area contributed by atoms with Crippen LogP contribution in [0.1, 0.15) is 19.8 Å². The van der Waals surface area contributed by atoms with Gasteiger partial charge in [-0.1, -0.05) is 13.0 Å². The van der Waals surface area contributed by atoms with E-state index in [0.29, 0.717) is 13.2 Å². The Balaban J connectivity index is 2.71. The van der Waals surface area contributed by atoms with E-state index in [2.05, 4.69) is 6.58 Å². The highest BCUT2D eigenvalue weighted by Gasteiger charge is 2.36. The largest absolute Gasteiger partial charge is 0.381 e. The first-order valence-electron chi connectivity index (χ1n) is 4.42. The van der Waals surface area contributed by atoms with Crippen molar-refractivity contribution in [3.8, 4) is 0 Å². The van der Waals surface area contributed by atoms with E-state index in [1.165, 1.54) is 0 Å². The summed E-state index contributed by atoms with van der Waals surface area (Å²) < 4.78 is 5.23. The quantitative estimate of drug-likeness (QED) is 0.474. The number of aldehydes is 1. The van der Waals surface area contributed by atoms with Gasteiger partial charge in [0.25, 0.3) is 0 Å². The lowest BCUT2D eigenvalue weighted by atomic mass is 9.72. The molecule has 0 aromatic carbocycles. The molecular weight excluding hydrogens is 152 g/mol. The number of hydrogen-bond acceptors (Lipinski definition) is 2. The topological polar surface area (TPSA) is 26.3 Å². The van der Waals surface area contributed by atoms with Gasteiger partial charge in [-0.05, 0) is 18.8 Å². The van der Waals surface area contributed by atoms with Crippen LogP contribution >= 0.6 is 0 Å². The molecule has 1 aliphatic heterocycles. The van der Waals surface area contributed by atoms with Crippen LogP contribution in [0.4, 0.5) is 0 Å². The predicted octanol–water partition coefficient (Wildman–Crippen LogP) is 1.80. The average Bonchev–Trinajstić information content (AvgIpc) is 2.17. The Morgan fingerprint density at radius 3 is 2.50 bits per heavy atom. The molecule has 1 atom stereocenters. The number of carbonyl (C=O) groups excluding carboxylic acids is 1. The number of carbonyl (C=O) groups is 1.